The Hall–Kier alpha value is -3.32. The number of sulfonamides is 1. The lowest BCUT2D eigenvalue weighted by Gasteiger charge is -2.20. The number of hydrogen-bond donors (Lipinski definition) is 1. The van der Waals surface area contributed by atoms with Crippen molar-refractivity contribution < 1.29 is 17.9 Å². The van der Waals surface area contributed by atoms with Crippen LogP contribution in [0.4, 0.5) is 5.69 Å². The van der Waals surface area contributed by atoms with Gasteiger partial charge in [0.25, 0.3) is 15.9 Å². The van der Waals surface area contributed by atoms with E-state index >= 15 is 0 Å². The predicted molar refractivity (Wildman–Crippen MR) is 122 cm³/mol. The summed E-state index contributed by atoms with van der Waals surface area (Å²) in [4.78, 5) is 12.7. The van der Waals surface area contributed by atoms with E-state index in [2.05, 4.69) is 5.32 Å². The molecule has 0 heterocycles. The summed E-state index contributed by atoms with van der Waals surface area (Å²) in [6.45, 7) is 4.22. The van der Waals surface area contributed by atoms with Crippen molar-refractivity contribution >= 4 is 21.6 Å². The third-order valence-corrected chi connectivity index (χ3v) is 6.90. The van der Waals surface area contributed by atoms with Gasteiger partial charge in [-0.15, -0.1) is 0 Å². The van der Waals surface area contributed by atoms with Gasteiger partial charge in [-0.3, -0.25) is 9.10 Å². The van der Waals surface area contributed by atoms with Crippen molar-refractivity contribution in [3.05, 3.63) is 89.0 Å². The number of nitrogens with one attached hydrogen (secondary N) is 1. The summed E-state index contributed by atoms with van der Waals surface area (Å²) in [5.74, 6) is 0.532. The lowest BCUT2D eigenvalue weighted by atomic mass is 10.1. The maximum absolute atomic E-state index is 12.8. The van der Waals surface area contributed by atoms with Gasteiger partial charge >= 0.3 is 0 Å². The van der Waals surface area contributed by atoms with E-state index in [1.807, 2.05) is 32.0 Å². The second kappa shape index (κ2) is 9.22. The number of rotatable bonds is 7. The summed E-state index contributed by atoms with van der Waals surface area (Å²) in [6, 6.07) is 18.9. The van der Waals surface area contributed by atoms with Gasteiger partial charge in [0.2, 0.25) is 0 Å². The fraction of sp³-hybridized carbons (Fsp3) is 0.208. The average Bonchev–Trinajstić information content (AvgIpc) is 2.78. The van der Waals surface area contributed by atoms with Crippen LogP contribution in [0.3, 0.4) is 0 Å². The first-order valence-electron chi connectivity index (χ1n) is 9.80. The zero-order valence-electron chi connectivity index (χ0n) is 18.0. The highest BCUT2D eigenvalue weighted by Gasteiger charge is 2.21. The molecule has 0 saturated heterocycles. The third-order valence-electron chi connectivity index (χ3n) is 5.10. The van der Waals surface area contributed by atoms with Crippen LogP contribution in [0.25, 0.3) is 0 Å². The van der Waals surface area contributed by atoms with Crippen molar-refractivity contribution in [2.75, 3.05) is 18.5 Å². The van der Waals surface area contributed by atoms with E-state index in [-0.39, 0.29) is 10.8 Å². The molecule has 0 aliphatic rings. The summed E-state index contributed by atoms with van der Waals surface area (Å²) < 4.78 is 32.2. The largest absolute Gasteiger partial charge is 0.496 e. The Morgan fingerprint density at radius 2 is 1.61 bits per heavy atom. The van der Waals surface area contributed by atoms with Gasteiger partial charge in [-0.25, -0.2) is 8.42 Å². The maximum atomic E-state index is 12.8. The van der Waals surface area contributed by atoms with Crippen LogP contribution < -0.4 is 14.4 Å². The molecule has 3 rings (SSSR count). The highest BCUT2D eigenvalue weighted by Crippen LogP contribution is 2.23. The fourth-order valence-corrected chi connectivity index (χ4v) is 4.28. The number of hydrogen-bond acceptors (Lipinski definition) is 4. The summed E-state index contributed by atoms with van der Waals surface area (Å²) in [5.41, 5.74) is 3.86. The van der Waals surface area contributed by atoms with Crippen molar-refractivity contribution in [1.29, 1.82) is 0 Å². The summed E-state index contributed by atoms with van der Waals surface area (Å²) >= 11 is 0. The number of benzene rings is 3. The van der Waals surface area contributed by atoms with Crippen LogP contribution in [0.15, 0.2) is 71.6 Å². The SMILES string of the molecule is COc1cc(CNC(=O)c2ccc(N(C)S(=O)(=O)c3ccc(C)cc3)cc2)ccc1C. The normalized spacial score (nSPS) is 11.1. The van der Waals surface area contributed by atoms with E-state index in [1.165, 1.54) is 11.4 Å². The van der Waals surface area contributed by atoms with Gasteiger partial charge in [0, 0.05) is 19.2 Å². The van der Waals surface area contributed by atoms with E-state index in [1.54, 1.807) is 55.6 Å². The lowest BCUT2D eigenvalue weighted by molar-refractivity contribution is 0.0951. The van der Waals surface area contributed by atoms with Crippen molar-refractivity contribution in [2.45, 2.75) is 25.3 Å². The molecule has 3 aromatic carbocycles. The van der Waals surface area contributed by atoms with Gasteiger partial charge in [-0.05, 0) is 67.4 Å². The van der Waals surface area contributed by atoms with Crippen LogP contribution in [0.1, 0.15) is 27.0 Å². The second-order valence-electron chi connectivity index (χ2n) is 7.32. The molecule has 0 bridgehead atoms. The third kappa shape index (κ3) is 5.06. The molecular weight excluding hydrogens is 412 g/mol. The fourth-order valence-electron chi connectivity index (χ4n) is 3.09. The van der Waals surface area contributed by atoms with Gasteiger partial charge in [-0.2, -0.15) is 0 Å². The Bertz CT molecular complexity index is 1170. The molecule has 0 fully saturated rings. The standard InChI is InChI=1S/C24H26N2O4S/c1-17-5-13-22(14-6-17)31(28,29)26(3)21-11-9-20(10-12-21)24(27)25-16-19-8-7-18(2)23(15-19)30-4/h5-15H,16H2,1-4H3,(H,25,27). The number of carbonyl (C=O) groups excluding carboxylic acids is 1. The van der Waals surface area contributed by atoms with E-state index in [0.29, 0.717) is 17.8 Å². The summed E-state index contributed by atoms with van der Waals surface area (Å²) in [5, 5.41) is 2.87. The smallest absolute Gasteiger partial charge is 0.264 e. The molecule has 0 atom stereocenters. The minimum atomic E-state index is -3.68. The molecule has 31 heavy (non-hydrogen) atoms. The van der Waals surface area contributed by atoms with Crippen LogP contribution in [0, 0.1) is 13.8 Å². The molecule has 0 radical (unpaired) electrons. The number of anilines is 1. The highest BCUT2D eigenvalue weighted by atomic mass is 32.2. The highest BCUT2D eigenvalue weighted by molar-refractivity contribution is 7.92. The number of amides is 1. The molecule has 0 aromatic heterocycles. The summed E-state index contributed by atoms with van der Waals surface area (Å²) in [7, 11) is -0.569. The number of aryl methyl sites for hydroxylation is 2. The van der Waals surface area contributed by atoms with Crippen LogP contribution in [0.5, 0.6) is 5.75 Å². The minimum absolute atomic E-state index is 0.218. The first-order chi connectivity index (χ1) is 14.7. The van der Waals surface area contributed by atoms with E-state index < -0.39 is 10.0 Å². The zero-order chi connectivity index (χ0) is 22.6. The Morgan fingerprint density at radius 3 is 2.23 bits per heavy atom. The molecular formula is C24H26N2O4S. The van der Waals surface area contributed by atoms with Crippen LogP contribution in [-0.4, -0.2) is 28.5 Å². The molecule has 162 valence electrons. The van der Waals surface area contributed by atoms with Gasteiger partial charge in [0.05, 0.1) is 17.7 Å². The van der Waals surface area contributed by atoms with Crippen LogP contribution in [0.2, 0.25) is 0 Å². The van der Waals surface area contributed by atoms with Gasteiger partial charge < -0.3 is 10.1 Å². The number of nitrogens with zero attached hydrogens (tertiary/aromatic N) is 1. The molecule has 0 aliphatic heterocycles. The van der Waals surface area contributed by atoms with Crippen molar-refractivity contribution in [3.8, 4) is 5.75 Å². The topological polar surface area (TPSA) is 75.7 Å². The number of methoxy groups -OCH3 is 1. The van der Waals surface area contributed by atoms with E-state index in [4.69, 9.17) is 4.74 Å². The van der Waals surface area contributed by atoms with Crippen molar-refractivity contribution in [1.82, 2.24) is 5.32 Å². The molecule has 0 saturated carbocycles. The predicted octanol–water partition coefficient (Wildman–Crippen LogP) is 4.07. The second-order valence-corrected chi connectivity index (χ2v) is 9.29. The first kappa shape index (κ1) is 22.4. The van der Waals surface area contributed by atoms with Crippen molar-refractivity contribution in [3.63, 3.8) is 0 Å². The monoisotopic (exact) mass is 438 g/mol. The first-order valence-corrected chi connectivity index (χ1v) is 11.2. The van der Waals surface area contributed by atoms with Crippen molar-refractivity contribution in [2.24, 2.45) is 0 Å². The summed E-state index contributed by atoms with van der Waals surface area (Å²) in [6.07, 6.45) is 0. The zero-order valence-corrected chi connectivity index (χ0v) is 18.9. The van der Waals surface area contributed by atoms with Gasteiger partial charge in [0.1, 0.15) is 5.75 Å². The quantitative estimate of drug-likeness (QED) is 0.603. The number of ether oxygens (including phenoxy) is 1. The van der Waals surface area contributed by atoms with E-state index in [0.717, 1.165) is 22.4 Å². The molecule has 6 nitrogen and oxygen atoms in total. The molecule has 0 aliphatic carbocycles. The Morgan fingerprint density at radius 1 is 0.968 bits per heavy atom. The van der Waals surface area contributed by atoms with Crippen LogP contribution in [-0.2, 0) is 16.6 Å². The maximum Gasteiger partial charge on any atom is 0.264 e. The Labute approximate surface area is 183 Å². The lowest BCUT2D eigenvalue weighted by Crippen LogP contribution is -2.27. The Balaban J connectivity index is 1.69. The van der Waals surface area contributed by atoms with Gasteiger partial charge in [0.15, 0.2) is 0 Å². The van der Waals surface area contributed by atoms with Crippen LogP contribution >= 0.6 is 0 Å². The molecule has 1 N–H and O–H groups in total. The van der Waals surface area contributed by atoms with E-state index in [9.17, 15) is 13.2 Å². The number of carbonyl (C=O) groups is 1. The minimum Gasteiger partial charge on any atom is -0.496 e. The molecule has 1 amide bonds. The molecule has 3 aromatic rings. The molecule has 7 heteroatoms. The molecule has 0 unspecified atom stereocenters. The average molecular weight is 439 g/mol. The van der Waals surface area contributed by atoms with Gasteiger partial charge in [-0.1, -0.05) is 29.8 Å². The molecule has 0 spiro atoms. The Kier molecular flexibility index (Phi) is 6.65.